The van der Waals surface area contributed by atoms with Crippen molar-refractivity contribution in [1.29, 1.82) is 0 Å². The van der Waals surface area contributed by atoms with E-state index in [9.17, 15) is 0 Å². The Hall–Kier alpha value is -3.05. The van der Waals surface area contributed by atoms with E-state index < -0.39 is 21.4 Å². The molecule has 0 unspecified atom stereocenters. The lowest BCUT2D eigenvalue weighted by atomic mass is 9.61. The summed E-state index contributed by atoms with van der Waals surface area (Å²) in [6.07, 6.45) is 5.41. The fourth-order valence-corrected chi connectivity index (χ4v) is 3.40. The van der Waals surface area contributed by atoms with Crippen LogP contribution in [0.3, 0.4) is 0 Å². The van der Waals surface area contributed by atoms with E-state index in [1.165, 1.54) is 0 Å². The molecule has 0 aromatic heterocycles. The zero-order valence-electron chi connectivity index (χ0n) is 16.7. The maximum Gasteiger partial charge on any atom is 0.467 e. The van der Waals surface area contributed by atoms with Gasteiger partial charge in [0, 0.05) is 0 Å². The van der Waals surface area contributed by atoms with Gasteiger partial charge in [-0.2, -0.15) is 0 Å². The molecule has 6 heteroatoms. The summed E-state index contributed by atoms with van der Waals surface area (Å²) in [5.74, 6) is 0. The molecule has 1 heterocycles. The molecule has 3 aromatic carbocycles. The van der Waals surface area contributed by atoms with E-state index >= 15 is 0 Å². The zero-order valence-corrected chi connectivity index (χ0v) is 16.7. The van der Waals surface area contributed by atoms with Gasteiger partial charge in [0.25, 0.3) is 0 Å². The SMILES string of the molecule is C=Cc1cccc(B2OB(c3cccc(C=C)c3)OB(c3cccc(C=C)c3)O2)c1. The van der Waals surface area contributed by atoms with E-state index in [4.69, 9.17) is 13.7 Å². The fourth-order valence-electron chi connectivity index (χ4n) is 3.40. The van der Waals surface area contributed by atoms with E-state index in [1.54, 1.807) is 18.2 Å². The van der Waals surface area contributed by atoms with E-state index in [-0.39, 0.29) is 0 Å². The summed E-state index contributed by atoms with van der Waals surface area (Å²) in [7, 11) is -1.77. The van der Waals surface area contributed by atoms with Gasteiger partial charge >= 0.3 is 21.4 Å². The Labute approximate surface area is 179 Å². The van der Waals surface area contributed by atoms with Crippen molar-refractivity contribution < 1.29 is 13.7 Å². The Morgan fingerprint density at radius 2 is 0.800 bits per heavy atom. The summed E-state index contributed by atoms with van der Waals surface area (Å²) in [6.45, 7) is 11.6. The van der Waals surface area contributed by atoms with E-state index in [0.29, 0.717) is 0 Å². The summed E-state index contributed by atoms with van der Waals surface area (Å²) in [5.41, 5.74) is 5.73. The first kappa shape index (κ1) is 20.2. The molecule has 0 saturated carbocycles. The van der Waals surface area contributed by atoms with Gasteiger partial charge in [-0.25, -0.2) is 0 Å². The van der Waals surface area contributed by atoms with Crippen LogP contribution in [-0.4, -0.2) is 21.4 Å². The van der Waals surface area contributed by atoms with Crippen LogP contribution in [0.1, 0.15) is 16.7 Å². The lowest BCUT2D eigenvalue weighted by Gasteiger charge is -2.31. The summed E-state index contributed by atoms with van der Waals surface area (Å²) >= 11 is 0. The smallest absolute Gasteiger partial charge is 0.445 e. The first-order valence-electron chi connectivity index (χ1n) is 9.84. The first-order valence-corrected chi connectivity index (χ1v) is 9.84. The molecule has 0 spiro atoms. The van der Waals surface area contributed by atoms with Crippen molar-refractivity contribution in [2.45, 2.75) is 0 Å². The monoisotopic (exact) mass is 390 g/mol. The number of hydrogen-bond acceptors (Lipinski definition) is 3. The third-order valence-electron chi connectivity index (χ3n) is 5.00. The van der Waals surface area contributed by atoms with Crippen LogP contribution >= 0.6 is 0 Å². The molecule has 3 nitrogen and oxygen atoms in total. The van der Waals surface area contributed by atoms with Gasteiger partial charge in [0.15, 0.2) is 0 Å². The van der Waals surface area contributed by atoms with Crippen molar-refractivity contribution in [3.8, 4) is 0 Å². The van der Waals surface area contributed by atoms with Crippen molar-refractivity contribution in [2.24, 2.45) is 0 Å². The van der Waals surface area contributed by atoms with Gasteiger partial charge in [0.1, 0.15) is 0 Å². The molecular formula is C24H21B3O3. The van der Waals surface area contributed by atoms with Gasteiger partial charge in [-0.15, -0.1) is 0 Å². The van der Waals surface area contributed by atoms with Gasteiger partial charge < -0.3 is 13.7 Å². The van der Waals surface area contributed by atoms with E-state index in [1.807, 2.05) is 72.8 Å². The summed E-state index contributed by atoms with van der Waals surface area (Å²) in [5, 5.41) is 0. The van der Waals surface area contributed by atoms with Crippen molar-refractivity contribution in [2.75, 3.05) is 0 Å². The van der Waals surface area contributed by atoms with Crippen LogP contribution < -0.4 is 16.4 Å². The topological polar surface area (TPSA) is 27.7 Å². The molecule has 0 amide bonds. The zero-order chi connectivity index (χ0) is 20.9. The molecule has 1 saturated heterocycles. The summed E-state index contributed by atoms with van der Waals surface area (Å²) in [6, 6.07) is 23.9. The minimum Gasteiger partial charge on any atom is -0.445 e. The maximum absolute atomic E-state index is 6.23. The highest BCUT2D eigenvalue weighted by atomic mass is 16.7. The van der Waals surface area contributed by atoms with Crippen LogP contribution in [0.15, 0.2) is 92.5 Å². The Morgan fingerprint density at radius 3 is 1.07 bits per heavy atom. The molecule has 0 aliphatic carbocycles. The Kier molecular flexibility index (Phi) is 6.19. The number of rotatable bonds is 6. The average Bonchev–Trinajstić information content (AvgIpc) is 2.83. The maximum atomic E-state index is 6.23. The van der Waals surface area contributed by atoms with Crippen molar-refractivity contribution in [3.05, 3.63) is 109 Å². The minimum absolute atomic E-state index is 0.589. The normalized spacial score (nSPS) is 13.8. The van der Waals surface area contributed by atoms with Crippen LogP contribution in [0.2, 0.25) is 0 Å². The van der Waals surface area contributed by atoms with Crippen LogP contribution in [0.25, 0.3) is 18.2 Å². The van der Waals surface area contributed by atoms with Gasteiger partial charge in [0.2, 0.25) is 0 Å². The molecule has 0 bridgehead atoms. The van der Waals surface area contributed by atoms with Crippen LogP contribution in [0.5, 0.6) is 0 Å². The Bertz CT molecular complexity index is 940. The molecule has 1 fully saturated rings. The molecule has 30 heavy (non-hydrogen) atoms. The second-order valence-electron chi connectivity index (χ2n) is 7.03. The lowest BCUT2D eigenvalue weighted by Crippen LogP contribution is -2.61. The third-order valence-corrected chi connectivity index (χ3v) is 5.00. The van der Waals surface area contributed by atoms with Crippen LogP contribution in [0, 0.1) is 0 Å². The predicted molar refractivity (Wildman–Crippen MR) is 129 cm³/mol. The third kappa shape index (κ3) is 4.41. The first-order chi connectivity index (χ1) is 14.7. The highest BCUT2D eigenvalue weighted by Crippen LogP contribution is 2.13. The highest BCUT2D eigenvalue weighted by molar-refractivity contribution is 6.87. The Balaban J connectivity index is 1.72. The molecule has 3 aromatic rings. The molecule has 4 rings (SSSR count). The molecule has 1 aliphatic heterocycles. The summed E-state index contributed by atoms with van der Waals surface area (Å²) in [4.78, 5) is 0. The molecule has 144 valence electrons. The molecular weight excluding hydrogens is 369 g/mol. The van der Waals surface area contributed by atoms with Gasteiger partial charge in [0.05, 0.1) is 0 Å². The number of benzene rings is 3. The van der Waals surface area contributed by atoms with Crippen LogP contribution in [0.4, 0.5) is 0 Å². The molecule has 1 aliphatic rings. The second kappa shape index (κ2) is 9.18. The number of hydrogen-bond donors (Lipinski definition) is 0. The van der Waals surface area contributed by atoms with Crippen LogP contribution in [-0.2, 0) is 13.7 Å². The van der Waals surface area contributed by atoms with Gasteiger partial charge in [-0.1, -0.05) is 111 Å². The predicted octanol–water partition coefficient (Wildman–Crippen LogP) is 3.17. The molecule has 0 radical (unpaired) electrons. The molecule has 0 atom stereocenters. The van der Waals surface area contributed by atoms with Gasteiger partial charge in [-0.3, -0.25) is 0 Å². The Morgan fingerprint density at radius 1 is 0.500 bits per heavy atom. The minimum atomic E-state index is -0.589. The fraction of sp³-hybridized carbons (Fsp3) is 0. The van der Waals surface area contributed by atoms with E-state index in [0.717, 1.165) is 33.1 Å². The average molecular weight is 390 g/mol. The second-order valence-corrected chi connectivity index (χ2v) is 7.03. The quantitative estimate of drug-likeness (QED) is 0.606. The summed E-state index contributed by atoms with van der Waals surface area (Å²) < 4.78 is 18.7. The lowest BCUT2D eigenvalue weighted by molar-refractivity contribution is 0.308. The van der Waals surface area contributed by atoms with Crippen molar-refractivity contribution in [3.63, 3.8) is 0 Å². The van der Waals surface area contributed by atoms with Crippen molar-refractivity contribution >= 4 is 56.0 Å². The highest BCUT2D eigenvalue weighted by Gasteiger charge is 2.43. The largest absolute Gasteiger partial charge is 0.467 e. The molecule has 0 N–H and O–H groups in total. The standard InChI is InChI=1S/C24H21B3O3/c1-4-19-10-7-13-22(16-19)25-28-26(23-14-8-11-20(5-2)17-23)30-27(29-25)24-15-9-12-21(6-3)18-24/h4-18H,1-3H2. The van der Waals surface area contributed by atoms with E-state index in [2.05, 4.69) is 19.7 Å². The van der Waals surface area contributed by atoms with Crippen molar-refractivity contribution in [1.82, 2.24) is 0 Å². The van der Waals surface area contributed by atoms with Gasteiger partial charge in [-0.05, 0) is 33.1 Å².